The molecule has 1 aromatic heterocycles. The van der Waals surface area contributed by atoms with Gasteiger partial charge in [0.05, 0.1) is 6.10 Å². The van der Waals surface area contributed by atoms with Gasteiger partial charge in [-0.2, -0.15) is 0 Å². The summed E-state index contributed by atoms with van der Waals surface area (Å²) in [5.74, 6) is 0.322. The first-order valence-electron chi connectivity index (χ1n) is 8.46. The Morgan fingerprint density at radius 1 is 1.25 bits per heavy atom. The van der Waals surface area contributed by atoms with Gasteiger partial charge in [-0.1, -0.05) is 36.4 Å². The van der Waals surface area contributed by atoms with Gasteiger partial charge in [-0.25, -0.2) is 0 Å². The predicted octanol–water partition coefficient (Wildman–Crippen LogP) is 3.11. The first-order valence-corrected chi connectivity index (χ1v) is 8.46. The van der Waals surface area contributed by atoms with Gasteiger partial charge in [-0.15, -0.1) is 0 Å². The number of pyridine rings is 1. The molecular weight excluding hydrogens is 300 g/mol. The largest absolute Gasteiger partial charge is 0.381 e. The molecule has 4 nitrogen and oxygen atoms in total. The summed E-state index contributed by atoms with van der Waals surface area (Å²) in [6, 6.07) is 14.1. The molecular formula is C20H24N2O2. The molecule has 0 radical (unpaired) electrons. The zero-order valence-corrected chi connectivity index (χ0v) is 14.3. The fraction of sp³-hybridized carbons (Fsp3) is 0.400. The summed E-state index contributed by atoms with van der Waals surface area (Å²) in [6.07, 6.45) is 3.73. The summed E-state index contributed by atoms with van der Waals surface area (Å²) in [5, 5.41) is 0. The molecule has 4 heteroatoms. The molecule has 0 bridgehead atoms. The highest BCUT2D eigenvalue weighted by atomic mass is 16.5. The fourth-order valence-corrected chi connectivity index (χ4v) is 3.37. The van der Waals surface area contributed by atoms with Crippen LogP contribution in [-0.2, 0) is 11.2 Å². The quantitative estimate of drug-likeness (QED) is 0.868. The molecule has 1 aliphatic heterocycles. The minimum atomic E-state index is 0.0163. The van der Waals surface area contributed by atoms with E-state index >= 15 is 0 Å². The average molecular weight is 324 g/mol. The van der Waals surface area contributed by atoms with E-state index in [2.05, 4.69) is 29.2 Å². The fourth-order valence-electron chi connectivity index (χ4n) is 3.37. The standard InChI is InChI=1S/C20H24N2O2/c1-15-8-9-18(21-13-15)20(23)22-11-10-19(24-2)17(14-22)12-16-6-4-3-5-7-16/h3-9,13,17,19H,10-12,14H2,1-2H3/t17-,19+/m0/s1. The van der Waals surface area contributed by atoms with Crippen LogP contribution in [0.2, 0.25) is 0 Å². The third-order valence-electron chi connectivity index (χ3n) is 4.73. The van der Waals surface area contributed by atoms with Gasteiger partial charge in [-0.05, 0) is 37.0 Å². The predicted molar refractivity (Wildman–Crippen MR) is 93.9 cm³/mol. The maximum absolute atomic E-state index is 12.7. The topological polar surface area (TPSA) is 42.4 Å². The van der Waals surface area contributed by atoms with Crippen molar-refractivity contribution in [1.29, 1.82) is 0 Å². The van der Waals surface area contributed by atoms with Crippen LogP contribution in [0.15, 0.2) is 48.7 Å². The number of methoxy groups -OCH3 is 1. The number of hydrogen-bond acceptors (Lipinski definition) is 3. The van der Waals surface area contributed by atoms with Gasteiger partial charge < -0.3 is 9.64 Å². The minimum Gasteiger partial charge on any atom is -0.381 e. The smallest absolute Gasteiger partial charge is 0.272 e. The van der Waals surface area contributed by atoms with E-state index in [4.69, 9.17) is 4.74 Å². The highest BCUT2D eigenvalue weighted by Crippen LogP contribution is 2.24. The van der Waals surface area contributed by atoms with Crippen LogP contribution in [0.3, 0.4) is 0 Å². The van der Waals surface area contributed by atoms with Crippen molar-refractivity contribution in [3.8, 4) is 0 Å². The first-order chi connectivity index (χ1) is 11.7. The lowest BCUT2D eigenvalue weighted by atomic mass is 9.88. The molecule has 2 heterocycles. The number of piperidine rings is 1. The molecule has 1 fully saturated rings. The summed E-state index contributed by atoms with van der Waals surface area (Å²) in [6.45, 7) is 3.40. The number of carbonyl (C=O) groups is 1. The van der Waals surface area contributed by atoms with E-state index in [1.165, 1.54) is 5.56 Å². The lowest BCUT2D eigenvalue weighted by molar-refractivity contribution is -0.00317. The van der Waals surface area contributed by atoms with Gasteiger partial charge in [0.25, 0.3) is 5.91 Å². The molecule has 1 aromatic carbocycles. The summed E-state index contributed by atoms with van der Waals surface area (Å²) in [4.78, 5) is 18.9. The maximum atomic E-state index is 12.7. The van der Waals surface area contributed by atoms with Crippen LogP contribution in [-0.4, -0.2) is 42.1 Å². The molecule has 1 aliphatic rings. The SMILES string of the molecule is CO[C@@H]1CCN(C(=O)c2ccc(C)cn2)C[C@@H]1Cc1ccccc1. The Morgan fingerprint density at radius 3 is 2.71 bits per heavy atom. The number of aromatic nitrogens is 1. The van der Waals surface area contributed by atoms with Crippen LogP contribution in [0.4, 0.5) is 0 Å². The van der Waals surface area contributed by atoms with Crippen LogP contribution in [0.1, 0.15) is 28.0 Å². The van der Waals surface area contributed by atoms with Crippen molar-refractivity contribution in [1.82, 2.24) is 9.88 Å². The third-order valence-corrected chi connectivity index (χ3v) is 4.73. The summed E-state index contributed by atoms with van der Waals surface area (Å²) < 4.78 is 5.67. The van der Waals surface area contributed by atoms with Gasteiger partial charge in [-0.3, -0.25) is 9.78 Å². The van der Waals surface area contributed by atoms with Crippen LogP contribution in [0.25, 0.3) is 0 Å². The number of nitrogens with zero attached hydrogens (tertiary/aromatic N) is 2. The number of amides is 1. The number of rotatable bonds is 4. The second-order valence-electron chi connectivity index (χ2n) is 6.48. The molecule has 3 rings (SSSR count). The number of benzene rings is 1. The Bertz CT molecular complexity index is 670. The summed E-state index contributed by atoms with van der Waals surface area (Å²) in [7, 11) is 1.77. The molecule has 2 aromatic rings. The van der Waals surface area contributed by atoms with Crippen LogP contribution < -0.4 is 0 Å². The normalized spacial score (nSPS) is 20.8. The van der Waals surface area contributed by atoms with E-state index in [9.17, 15) is 4.79 Å². The molecule has 0 spiro atoms. The number of likely N-dealkylation sites (tertiary alicyclic amines) is 1. The number of aryl methyl sites for hydroxylation is 1. The average Bonchev–Trinajstić information content (AvgIpc) is 2.62. The van der Waals surface area contributed by atoms with Crippen LogP contribution >= 0.6 is 0 Å². The van der Waals surface area contributed by atoms with Crippen molar-refractivity contribution in [3.63, 3.8) is 0 Å². The second kappa shape index (κ2) is 7.58. The number of ether oxygens (including phenoxy) is 1. The van der Waals surface area contributed by atoms with Crippen LogP contribution in [0.5, 0.6) is 0 Å². The third kappa shape index (κ3) is 3.82. The Hall–Kier alpha value is -2.20. The molecule has 0 unspecified atom stereocenters. The van der Waals surface area contributed by atoms with Crippen LogP contribution in [0, 0.1) is 12.8 Å². The highest BCUT2D eigenvalue weighted by molar-refractivity contribution is 5.92. The molecule has 1 amide bonds. The van der Waals surface area contributed by atoms with Gasteiger partial charge >= 0.3 is 0 Å². The van der Waals surface area contributed by atoms with Crippen molar-refractivity contribution in [2.45, 2.75) is 25.9 Å². The highest BCUT2D eigenvalue weighted by Gasteiger charge is 2.32. The Morgan fingerprint density at radius 2 is 2.04 bits per heavy atom. The molecule has 0 saturated carbocycles. The minimum absolute atomic E-state index is 0.0163. The van der Waals surface area contributed by atoms with E-state index < -0.39 is 0 Å². The zero-order chi connectivity index (χ0) is 16.9. The zero-order valence-electron chi connectivity index (χ0n) is 14.3. The van der Waals surface area contributed by atoms with Gasteiger partial charge in [0.15, 0.2) is 0 Å². The number of carbonyl (C=O) groups excluding carboxylic acids is 1. The Labute approximate surface area is 143 Å². The number of hydrogen-bond donors (Lipinski definition) is 0. The molecule has 0 N–H and O–H groups in total. The first kappa shape index (κ1) is 16.7. The van der Waals surface area contributed by atoms with Crippen molar-refractivity contribution in [2.75, 3.05) is 20.2 Å². The Balaban J connectivity index is 1.72. The van der Waals surface area contributed by atoms with Gasteiger partial charge in [0.2, 0.25) is 0 Å². The van der Waals surface area contributed by atoms with E-state index in [1.807, 2.05) is 30.0 Å². The maximum Gasteiger partial charge on any atom is 0.272 e. The molecule has 126 valence electrons. The van der Waals surface area contributed by atoms with Gasteiger partial charge in [0, 0.05) is 32.3 Å². The monoisotopic (exact) mass is 324 g/mol. The summed E-state index contributed by atoms with van der Waals surface area (Å²) in [5.41, 5.74) is 2.87. The van der Waals surface area contributed by atoms with Crippen molar-refractivity contribution >= 4 is 5.91 Å². The lowest BCUT2D eigenvalue weighted by Gasteiger charge is -2.38. The Kier molecular flexibility index (Phi) is 5.26. The van der Waals surface area contributed by atoms with E-state index in [0.717, 1.165) is 24.9 Å². The van der Waals surface area contributed by atoms with Gasteiger partial charge in [0.1, 0.15) is 5.69 Å². The van der Waals surface area contributed by atoms with E-state index in [1.54, 1.807) is 13.3 Å². The van der Waals surface area contributed by atoms with E-state index in [-0.39, 0.29) is 12.0 Å². The second-order valence-corrected chi connectivity index (χ2v) is 6.48. The van der Waals surface area contributed by atoms with Crippen molar-refractivity contribution < 1.29 is 9.53 Å². The molecule has 2 atom stereocenters. The van der Waals surface area contributed by atoms with E-state index in [0.29, 0.717) is 18.2 Å². The molecule has 0 aliphatic carbocycles. The summed E-state index contributed by atoms with van der Waals surface area (Å²) >= 11 is 0. The van der Waals surface area contributed by atoms with Crippen molar-refractivity contribution in [3.05, 3.63) is 65.5 Å². The van der Waals surface area contributed by atoms with Crippen molar-refractivity contribution in [2.24, 2.45) is 5.92 Å². The molecule has 1 saturated heterocycles. The lowest BCUT2D eigenvalue weighted by Crippen LogP contribution is -2.47. The molecule has 24 heavy (non-hydrogen) atoms.